The maximum Gasteiger partial charge on any atom is 0.255 e. The average molecular weight is 240 g/mol. The van der Waals surface area contributed by atoms with Crippen LogP contribution in [0.25, 0.3) is 0 Å². The van der Waals surface area contributed by atoms with Gasteiger partial charge in [-0.3, -0.25) is 4.79 Å². The minimum atomic E-state index is -0.485. The van der Waals surface area contributed by atoms with Gasteiger partial charge >= 0.3 is 0 Å². The molecule has 6 heteroatoms. The van der Waals surface area contributed by atoms with Crippen molar-refractivity contribution in [2.24, 2.45) is 11.7 Å². The predicted octanol–water partition coefficient (Wildman–Crippen LogP) is 1.06. The zero-order valence-corrected chi connectivity index (χ0v) is 10.1. The fraction of sp³-hybridized carbons (Fsp3) is 0.600. The highest BCUT2D eigenvalue weighted by molar-refractivity contribution is 7.11. The Morgan fingerprint density at radius 2 is 2.44 bits per heavy atom. The van der Waals surface area contributed by atoms with Crippen molar-refractivity contribution in [1.82, 2.24) is 4.37 Å². The van der Waals surface area contributed by atoms with Gasteiger partial charge in [-0.1, -0.05) is 13.3 Å². The molecule has 2 rings (SSSR count). The van der Waals surface area contributed by atoms with Crippen LogP contribution in [0.4, 0.5) is 10.8 Å². The summed E-state index contributed by atoms with van der Waals surface area (Å²) >= 11 is 1.26. The van der Waals surface area contributed by atoms with Crippen LogP contribution in [0.5, 0.6) is 0 Å². The molecule has 1 amide bonds. The average Bonchev–Trinajstić information content (AvgIpc) is 2.82. The number of nitrogens with zero attached hydrogens (tertiary/aromatic N) is 2. The Morgan fingerprint density at radius 1 is 1.69 bits per heavy atom. The number of amides is 1. The lowest BCUT2D eigenvalue weighted by molar-refractivity contribution is 0.100. The molecule has 0 spiro atoms. The van der Waals surface area contributed by atoms with Gasteiger partial charge in [0, 0.05) is 13.1 Å². The predicted molar refractivity (Wildman–Crippen MR) is 65.7 cm³/mol. The molecule has 1 aliphatic rings. The normalized spacial score (nSPS) is 20.3. The third-order valence-corrected chi connectivity index (χ3v) is 4.02. The fourth-order valence-corrected chi connectivity index (χ4v) is 2.94. The molecule has 4 N–H and O–H groups in total. The minimum absolute atomic E-state index is 0.257. The molecule has 0 radical (unpaired) electrons. The highest BCUT2D eigenvalue weighted by atomic mass is 32.1. The number of primary amides is 1. The monoisotopic (exact) mass is 240 g/mol. The molecule has 2 heterocycles. The second-order valence-corrected chi connectivity index (χ2v) is 4.87. The van der Waals surface area contributed by atoms with Gasteiger partial charge in [0.15, 0.2) is 5.82 Å². The molecule has 1 aromatic rings. The summed E-state index contributed by atoms with van der Waals surface area (Å²) in [6.07, 6.45) is 2.32. The number of hydrogen-bond acceptors (Lipinski definition) is 5. The molecule has 0 bridgehead atoms. The van der Waals surface area contributed by atoms with E-state index in [0.717, 1.165) is 30.9 Å². The van der Waals surface area contributed by atoms with E-state index in [1.54, 1.807) is 0 Å². The van der Waals surface area contributed by atoms with Crippen LogP contribution < -0.4 is 16.4 Å². The first kappa shape index (κ1) is 11.2. The topological polar surface area (TPSA) is 85.2 Å². The van der Waals surface area contributed by atoms with Crippen LogP contribution in [0, 0.1) is 5.92 Å². The molecular formula is C10H16N4OS. The van der Waals surface area contributed by atoms with Gasteiger partial charge in [0.1, 0.15) is 10.6 Å². The summed E-state index contributed by atoms with van der Waals surface area (Å²) in [4.78, 5) is 13.5. The first-order valence-corrected chi connectivity index (χ1v) is 6.20. The molecule has 1 aromatic heterocycles. The number of nitrogen functional groups attached to an aromatic ring is 1. The van der Waals surface area contributed by atoms with Crippen LogP contribution in [0.3, 0.4) is 0 Å². The standard InChI is InChI=1S/C10H16N4OS/c1-2-6-3-4-14(5-6)10-7(9(12)15)8(11)13-16-10/h6H,2-5H2,1H3,(H2,11,13)(H2,12,15). The Morgan fingerprint density at radius 3 is 3.00 bits per heavy atom. The highest BCUT2D eigenvalue weighted by Crippen LogP contribution is 2.34. The number of nitrogens with two attached hydrogens (primary N) is 2. The Labute approximate surface area is 98.6 Å². The van der Waals surface area contributed by atoms with E-state index < -0.39 is 5.91 Å². The first-order valence-electron chi connectivity index (χ1n) is 5.43. The van der Waals surface area contributed by atoms with E-state index in [4.69, 9.17) is 11.5 Å². The molecule has 16 heavy (non-hydrogen) atoms. The number of rotatable bonds is 3. The van der Waals surface area contributed by atoms with Crippen molar-refractivity contribution >= 4 is 28.3 Å². The van der Waals surface area contributed by atoms with Crippen molar-refractivity contribution in [2.45, 2.75) is 19.8 Å². The summed E-state index contributed by atoms with van der Waals surface area (Å²) in [5.74, 6) is 0.470. The molecule has 1 saturated heterocycles. The molecular weight excluding hydrogens is 224 g/mol. The van der Waals surface area contributed by atoms with Crippen LogP contribution in [0.1, 0.15) is 30.1 Å². The SMILES string of the molecule is CCC1CCN(c2snc(N)c2C(N)=O)C1. The number of hydrogen-bond donors (Lipinski definition) is 2. The Kier molecular flexibility index (Phi) is 3.00. The van der Waals surface area contributed by atoms with Crippen molar-refractivity contribution < 1.29 is 4.79 Å². The van der Waals surface area contributed by atoms with Crippen molar-refractivity contribution in [3.8, 4) is 0 Å². The number of carbonyl (C=O) groups is 1. The molecule has 0 saturated carbocycles. The van der Waals surface area contributed by atoms with Crippen molar-refractivity contribution in [3.05, 3.63) is 5.56 Å². The molecule has 0 aromatic carbocycles. The van der Waals surface area contributed by atoms with E-state index in [9.17, 15) is 4.79 Å². The third kappa shape index (κ3) is 1.84. The summed E-state index contributed by atoms with van der Waals surface area (Å²) in [7, 11) is 0. The summed E-state index contributed by atoms with van der Waals surface area (Å²) in [5, 5.41) is 0.834. The fourth-order valence-electron chi connectivity index (χ4n) is 2.09. The maximum atomic E-state index is 11.3. The second kappa shape index (κ2) is 4.29. The van der Waals surface area contributed by atoms with Gasteiger partial charge in [0.05, 0.1) is 0 Å². The van der Waals surface area contributed by atoms with Crippen LogP contribution >= 0.6 is 11.5 Å². The van der Waals surface area contributed by atoms with Gasteiger partial charge < -0.3 is 16.4 Å². The molecule has 1 aliphatic heterocycles. The molecule has 0 aliphatic carbocycles. The van der Waals surface area contributed by atoms with Crippen LogP contribution in [0.2, 0.25) is 0 Å². The molecule has 1 fully saturated rings. The van der Waals surface area contributed by atoms with Gasteiger partial charge in [0.2, 0.25) is 0 Å². The van der Waals surface area contributed by atoms with Crippen molar-refractivity contribution in [2.75, 3.05) is 23.7 Å². The Bertz CT molecular complexity index is 404. The van der Waals surface area contributed by atoms with Crippen LogP contribution in [-0.2, 0) is 0 Å². The van der Waals surface area contributed by atoms with E-state index in [2.05, 4.69) is 16.2 Å². The van der Waals surface area contributed by atoms with Crippen LogP contribution in [-0.4, -0.2) is 23.4 Å². The van der Waals surface area contributed by atoms with Gasteiger partial charge in [-0.2, -0.15) is 4.37 Å². The summed E-state index contributed by atoms with van der Waals surface area (Å²) < 4.78 is 4.01. The van der Waals surface area contributed by atoms with Gasteiger partial charge in [-0.25, -0.2) is 0 Å². The van der Waals surface area contributed by atoms with E-state index in [0.29, 0.717) is 11.5 Å². The molecule has 1 unspecified atom stereocenters. The lowest BCUT2D eigenvalue weighted by atomic mass is 10.1. The summed E-state index contributed by atoms with van der Waals surface area (Å²) in [6.45, 7) is 4.11. The maximum absolute atomic E-state index is 11.3. The quantitative estimate of drug-likeness (QED) is 0.827. The van der Waals surface area contributed by atoms with Crippen LogP contribution in [0.15, 0.2) is 0 Å². The van der Waals surface area contributed by atoms with Gasteiger partial charge in [-0.05, 0) is 23.9 Å². The van der Waals surface area contributed by atoms with E-state index >= 15 is 0 Å². The number of carbonyl (C=O) groups excluding carboxylic acids is 1. The minimum Gasteiger partial charge on any atom is -0.382 e. The third-order valence-electron chi connectivity index (χ3n) is 3.10. The first-order chi connectivity index (χ1) is 7.63. The van der Waals surface area contributed by atoms with Gasteiger partial charge in [0.25, 0.3) is 5.91 Å². The van der Waals surface area contributed by atoms with Crippen molar-refractivity contribution in [3.63, 3.8) is 0 Å². The Balaban J connectivity index is 2.25. The molecule has 5 nitrogen and oxygen atoms in total. The van der Waals surface area contributed by atoms with E-state index in [1.165, 1.54) is 11.5 Å². The highest BCUT2D eigenvalue weighted by Gasteiger charge is 2.27. The van der Waals surface area contributed by atoms with Crippen molar-refractivity contribution in [1.29, 1.82) is 0 Å². The lowest BCUT2D eigenvalue weighted by Crippen LogP contribution is -2.23. The van der Waals surface area contributed by atoms with E-state index in [1.807, 2.05) is 0 Å². The zero-order valence-electron chi connectivity index (χ0n) is 9.27. The lowest BCUT2D eigenvalue weighted by Gasteiger charge is -2.16. The van der Waals surface area contributed by atoms with E-state index in [-0.39, 0.29) is 5.82 Å². The zero-order chi connectivity index (χ0) is 11.7. The number of aromatic nitrogens is 1. The van der Waals surface area contributed by atoms with Gasteiger partial charge in [-0.15, -0.1) is 0 Å². The Hall–Kier alpha value is -1.30. The summed E-state index contributed by atoms with van der Waals surface area (Å²) in [6, 6.07) is 0. The smallest absolute Gasteiger partial charge is 0.255 e. The summed E-state index contributed by atoms with van der Waals surface area (Å²) in [5.41, 5.74) is 11.4. The second-order valence-electron chi connectivity index (χ2n) is 4.12. The molecule has 88 valence electrons. The molecule has 1 atom stereocenters. The largest absolute Gasteiger partial charge is 0.382 e. The number of anilines is 2.